The van der Waals surface area contributed by atoms with E-state index in [-0.39, 0.29) is 5.78 Å². The van der Waals surface area contributed by atoms with Gasteiger partial charge in [0.1, 0.15) is 12.1 Å². The molecule has 0 aliphatic rings. The van der Waals surface area contributed by atoms with E-state index in [1.807, 2.05) is 0 Å². The molecular formula is C11H20O2. The number of rotatable bonds is 7. The van der Waals surface area contributed by atoms with Crippen LogP contribution >= 0.6 is 0 Å². The molecule has 0 aromatic heterocycles. The predicted molar refractivity (Wildman–Crippen MR) is 53.6 cm³/mol. The number of Topliss-reactive ketones (excluding diaryl/α,β-unsaturated/α-hetero) is 1. The van der Waals surface area contributed by atoms with Crippen LogP contribution in [-0.4, -0.2) is 12.1 Å². The summed E-state index contributed by atoms with van der Waals surface area (Å²) >= 11 is 0. The van der Waals surface area contributed by atoms with E-state index >= 15 is 0 Å². The third-order valence-corrected chi connectivity index (χ3v) is 2.27. The Morgan fingerprint density at radius 1 is 1.23 bits per heavy atom. The highest BCUT2D eigenvalue weighted by atomic mass is 16.1. The molecule has 0 aromatic rings. The minimum absolute atomic E-state index is 0.0682. The molecule has 13 heavy (non-hydrogen) atoms. The number of carbonyl (C=O) groups excluding carboxylic acids is 2. The second-order valence-corrected chi connectivity index (χ2v) is 4.07. The first-order chi connectivity index (χ1) is 6.04. The van der Waals surface area contributed by atoms with E-state index in [1.54, 1.807) is 13.8 Å². The van der Waals surface area contributed by atoms with Crippen LogP contribution in [0.4, 0.5) is 0 Å². The van der Waals surface area contributed by atoms with Gasteiger partial charge in [0.05, 0.1) is 5.41 Å². The normalized spacial score (nSPS) is 11.3. The van der Waals surface area contributed by atoms with Crippen LogP contribution in [0.3, 0.4) is 0 Å². The van der Waals surface area contributed by atoms with Crippen LogP contribution in [0.2, 0.25) is 0 Å². The molecule has 0 aliphatic carbocycles. The average Bonchev–Trinajstić information content (AvgIpc) is 2.12. The molecule has 0 saturated heterocycles. The molecule has 0 saturated carbocycles. The van der Waals surface area contributed by atoms with Gasteiger partial charge in [-0.15, -0.1) is 0 Å². The topological polar surface area (TPSA) is 34.1 Å². The first kappa shape index (κ1) is 12.3. The summed E-state index contributed by atoms with van der Waals surface area (Å²) in [6, 6.07) is 0. The van der Waals surface area contributed by atoms with Gasteiger partial charge in [0.15, 0.2) is 0 Å². The molecule has 76 valence electrons. The quantitative estimate of drug-likeness (QED) is 0.346. The van der Waals surface area contributed by atoms with E-state index < -0.39 is 5.41 Å². The van der Waals surface area contributed by atoms with Crippen LogP contribution < -0.4 is 0 Å². The smallest absolute Gasteiger partial charge is 0.145 e. The number of ketones is 1. The van der Waals surface area contributed by atoms with Crippen LogP contribution in [-0.2, 0) is 9.59 Å². The molecule has 0 unspecified atom stereocenters. The zero-order chi connectivity index (χ0) is 10.3. The van der Waals surface area contributed by atoms with Crippen molar-refractivity contribution < 1.29 is 9.59 Å². The van der Waals surface area contributed by atoms with Crippen molar-refractivity contribution in [2.75, 3.05) is 0 Å². The van der Waals surface area contributed by atoms with Crippen molar-refractivity contribution in [3.63, 3.8) is 0 Å². The maximum Gasteiger partial charge on any atom is 0.145 e. The summed E-state index contributed by atoms with van der Waals surface area (Å²) in [5.41, 5.74) is -0.772. The third-order valence-electron chi connectivity index (χ3n) is 2.27. The van der Waals surface area contributed by atoms with Crippen molar-refractivity contribution >= 4 is 12.1 Å². The van der Waals surface area contributed by atoms with Crippen molar-refractivity contribution in [1.82, 2.24) is 0 Å². The molecule has 0 rings (SSSR count). The Hall–Kier alpha value is -0.660. The molecule has 0 aromatic carbocycles. The molecule has 0 radical (unpaired) electrons. The highest BCUT2D eigenvalue weighted by molar-refractivity contribution is 5.97. The van der Waals surface area contributed by atoms with Gasteiger partial charge in [-0.05, 0) is 20.3 Å². The molecule has 0 aliphatic heterocycles. The lowest BCUT2D eigenvalue weighted by Gasteiger charge is -2.14. The monoisotopic (exact) mass is 184 g/mol. The minimum Gasteiger partial charge on any atom is -0.302 e. The number of hydrogen-bond acceptors (Lipinski definition) is 2. The lowest BCUT2D eigenvalue weighted by molar-refractivity contribution is -0.132. The van der Waals surface area contributed by atoms with Crippen molar-refractivity contribution in [1.29, 1.82) is 0 Å². The molecule has 0 spiro atoms. The van der Waals surface area contributed by atoms with Crippen molar-refractivity contribution in [2.45, 2.75) is 52.9 Å². The standard InChI is InChI=1S/C11H20O2/c1-4-5-6-7-8-10(13)11(2,3)9-12/h9H,4-8H2,1-3H3. The molecule has 0 N–H and O–H groups in total. The van der Waals surface area contributed by atoms with Gasteiger partial charge in [0.2, 0.25) is 0 Å². The number of aldehydes is 1. The fraction of sp³-hybridized carbons (Fsp3) is 0.818. The SMILES string of the molecule is CCCCCCC(=O)C(C)(C)C=O. The molecule has 2 heteroatoms. The lowest BCUT2D eigenvalue weighted by Crippen LogP contribution is -2.25. The predicted octanol–water partition coefficient (Wildman–Crippen LogP) is 2.75. The van der Waals surface area contributed by atoms with Gasteiger partial charge in [-0.25, -0.2) is 0 Å². The van der Waals surface area contributed by atoms with Gasteiger partial charge in [0, 0.05) is 6.42 Å². The summed E-state index contributed by atoms with van der Waals surface area (Å²) < 4.78 is 0. The minimum atomic E-state index is -0.772. The Kier molecular flexibility index (Phi) is 5.60. The van der Waals surface area contributed by atoms with E-state index in [4.69, 9.17) is 0 Å². The third kappa shape index (κ3) is 4.81. The van der Waals surface area contributed by atoms with E-state index in [0.29, 0.717) is 6.42 Å². The maximum atomic E-state index is 11.4. The fourth-order valence-electron chi connectivity index (χ4n) is 1.10. The maximum absolute atomic E-state index is 11.4. The number of carbonyl (C=O) groups is 2. The first-order valence-electron chi connectivity index (χ1n) is 5.04. The Labute approximate surface area is 80.7 Å². The molecule has 2 nitrogen and oxygen atoms in total. The summed E-state index contributed by atoms with van der Waals surface area (Å²) in [6.45, 7) is 5.50. The summed E-state index contributed by atoms with van der Waals surface area (Å²) in [4.78, 5) is 22.0. The van der Waals surface area contributed by atoms with E-state index in [0.717, 1.165) is 19.1 Å². The summed E-state index contributed by atoms with van der Waals surface area (Å²) in [5.74, 6) is 0.0682. The fourth-order valence-corrected chi connectivity index (χ4v) is 1.10. The van der Waals surface area contributed by atoms with Crippen LogP contribution in [0.15, 0.2) is 0 Å². The zero-order valence-electron chi connectivity index (χ0n) is 8.93. The van der Waals surface area contributed by atoms with Crippen molar-refractivity contribution in [3.05, 3.63) is 0 Å². The van der Waals surface area contributed by atoms with Crippen molar-refractivity contribution in [3.8, 4) is 0 Å². The van der Waals surface area contributed by atoms with E-state index in [1.165, 1.54) is 12.8 Å². The van der Waals surface area contributed by atoms with Crippen LogP contribution in [0, 0.1) is 5.41 Å². The molecule has 0 heterocycles. The highest BCUT2D eigenvalue weighted by Gasteiger charge is 2.25. The first-order valence-corrected chi connectivity index (χ1v) is 5.04. The average molecular weight is 184 g/mol. The van der Waals surface area contributed by atoms with Crippen molar-refractivity contribution in [2.24, 2.45) is 5.41 Å². The van der Waals surface area contributed by atoms with Crippen LogP contribution in [0.1, 0.15) is 52.9 Å². The molecule has 0 bridgehead atoms. The molecule has 0 atom stereocenters. The molecule has 0 amide bonds. The van der Waals surface area contributed by atoms with Gasteiger partial charge in [-0.2, -0.15) is 0 Å². The Morgan fingerprint density at radius 3 is 2.31 bits per heavy atom. The largest absolute Gasteiger partial charge is 0.302 e. The second kappa shape index (κ2) is 5.90. The summed E-state index contributed by atoms with van der Waals surface area (Å²) in [5, 5.41) is 0. The van der Waals surface area contributed by atoms with E-state index in [2.05, 4.69) is 6.92 Å². The van der Waals surface area contributed by atoms with Crippen LogP contribution in [0.25, 0.3) is 0 Å². The van der Waals surface area contributed by atoms with Gasteiger partial charge in [0.25, 0.3) is 0 Å². The highest BCUT2D eigenvalue weighted by Crippen LogP contribution is 2.17. The Morgan fingerprint density at radius 2 is 1.85 bits per heavy atom. The summed E-state index contributed by atoms with van der Waals surface area (Å²) in [7, 11) is 0. The van der Waals surface area contributed by atoms with Gasteiger partial charge < -0.3 is 4.79 Å². The Bertz CT molecular complexity index is 171. The zero-order valence-corrected chi connectivity index (χ0v) is 8.93. The lowest BCUT2D eigenvalue weighted by atomic mass is 9.87. The van der Waals surface area contributed by atoms with Gasteiger partial charge in [-0.1, -0.05) is 26.2 Å². The number of hydrogen-bond donors (Lipinski definition) is 0. The summed E-state index contributed by atoms with van der Waals surface area (Å²) in [6.07, 6.45) is 5.65. The van der Waals surface area contributed by atoms with E-state index in [9.17, 15) is 9.59 Å². The van der Waals surface area contributed by atoms with Crippen LogP contribution in [0.5, 0.6) is 0 Å². The Balaban J connectivity index is 3.68. The second-order valence-electron chi connectivity index (χ2n) is 4.07. The molecule has 0 fully saturated rings. The number of unbranched alkanes of at least 4 members (excludes halogenated alkanes) is 3. The van der Waals surface area contributed by atoms with Gasteiger partial charge in [-0.3, -0.25) is 4.79 Å². The van der Waals surface area contributed by atoms with Gasteiger partial charge >= 0.3 is 0 Å². The molecular weight excluding hydrogens is 164 g/mol.